The Morgan fingerprint density at radius 3 is 2.92 bits per heavy atom. The lowest BCUT2D eigenvalue weighted by Gasteiger charge is -2.43. The van der Waals surface area contributed by atoms with Crippen molar-refractivity contribution in [2.75, 3.05) is 27.3 Å². The lowest BCUT2D eigenvalue weighted by atomic mass is 9.79. The highest BCUT2D eigenvalue weighted by Gasteiger charge is 2.38. The standard InChI is InChI=1S/C20H29NO3/c1-5-13(2)8-15-12-21-7-6-14-9-19(23-3)20(24-4)10-16(14)17(21)11-18(15)22/h9-10,13,15,17H,5-8,11-12H2,1-4H3/i2D3,5D2,6D2,7D2,8D2,11D2,13D,15D,17D. The molecule has 4 nitrogen and oxygen atoms in total. The zero-order valence-corrected chi connectivity index (χ0v) is 13.5. The first-order chi connectivity index (χ1) is 17.6. The quantitative estimate of drug-likeness (QED) is 0.815. The number of carbonyl (C=O) groups excluding carboxylic acids is 1. The summed E-state index contributed by atoms with van der Waals surface area (Å²) in [6.45, 7) is -8.31. The molecule has 3 atom stereocenters. The number of rotatable bonds is 5. The average molecular weight is 348 g/mol. The van der Waals surface area contributed by atoms with E-state index in [0.29, 0.717) is 6.92 Å². The number of carbonyl (C=O) groups is 1. The van der Waals surface area contributed by atoms with E-state index in [9.17, 15) is 6.17 Å². The van der Waals surface area contributed by atoms with Crippen LogP contribution in [0.1, 0.15) is 72.0 Å². The molecule has 0 N–H and O–H groups in total. The molecule has 0 saturated carbocycles. The van der Waals surface area contributed by atoms with Crippen LogP contribution in [0.15, 0.2) is 12.1 Å². The van der Waals surface area contributed by atoms with Crippen molar-refractivity contribution < 1.29 is 36.2 Å². The summed E-state index contributed by atoms with van der Waals surface area (Å²) < 4.78 is 145. The predicted molar refractivity (Wildman–Crippen MR) is 94.8 cm³/mol. The smallest absolute Gasteiger partial charge is 0.161 e. The molecule has 2 aliphatic rings. The molecule has 2 aliphatic heterocycles. The molecule has 0 amide bonds. The van der Waals surface area contributed by atoms with Gasteiger partial charge in [0.1, 0.15) is 5.78 Å². The fraction of sp³-hybridized carbons (Fsp3) is 0.650. The third kappa shape index (κ3) is 3.16. The van der Waals surface area contributed by atoms with Crippen molar-refractivity contribution in [3.8, 4) is 11.5 Å². The number of aryl methyl sites for hydroxylation is 1. The average Bonchev–Trinajstić information content (AvgIpc) is 2.81. The molecule has 3 rings (SSSR count). The summed E-state index contributed by atoms with van der Waals surface area (Å²) in [4.78, 5) is 14.0. The van der Waals surface area contributed by atoms with Gasteiger partial charge in [-0.1, -0.05) is 20.1 Å². The first-order valence-electron chi connectivity index (χ1n) is 15.2. The Morgan fingerprint density at radius 1 is 1.50 bits per heavy atom. The Labute approximate surface area is 167 Å². The van der Waals surface area contributed by atoms with E-state index in [1.165, 1.54) is 14.2 Å². The topological polar surface area (TPSA) is 38.8 Å². The maximum atomic E-state index is 13.8. The Bertz CT molecular complexity index is 1210. The molecule has 24 heavy (non-hydrogen) atoms. The summed E-state index contributed by atoms with van der Waals surface area (Å²) in [5.74, 6) is -9.87. The SMILES string of the molecule is [2H]C([2H])([2H])C([2H])(C([2H])([2H])C)C([2H])([2H])C1([2H])CN2C([2H])([2H])C([2H])([2H])c3cc(OC)c(OC)cc3C2([2H])C([2H])([2H])C1=O. The Hall–Kier alpha value is -1.55. The van der Waals surface area contributed by atoms with Crippen LogP contribution in [0.25, 0.3) is 0 Å². The van der Waals surface area contributed by atoms with Crippen LogP contribution in [-0.2, 0) is 11.2 Å². The lowest BCUT2D eigenvalue weighted by Crippen LogP contribution is -2.46. The van der Waals surface area contributed by atoms with Crippen molar-refractivity contribution in [2.45, 2.75) is 45.3 Å². The predicted octanol–water partition coefficient (Wildman–Crippen LogP) is 3.63. The van der Waals surface area contributed by atoms with Crippen LogP contribution in [0.4, 0.5) is 0 Å². The number of methoxy groups -OCH3 is 2. The first-order valence-corrected chi connectivity index (χ1v) is 7.20. The van der Waals surface area contributed by atoms with Crippen LogP contribution in [-0.4, -0.2) is 37.9 Å². The number of fused-ring (bicyclic) bond motifs is 3. The summed E-state index contributed by atoms with van der Waals surface area (Å²) >= 11 is 0. The van der Waals surface area contributed by atoms with Gasteiger partial charge in [-0.15, -0.1) is 0 Å². The number of ketones is 1. The maximum absolute atomic E-state index is 13.8. The molecule has 0 aliphatic carbocycles. The molecule has 1 aromatic carbocycles. The third-order valence-corrected chi connectivity index (χ3v) is 3.72. The van der Waals surface area contributed by atoms with E-state index in [-0.39, 0.29) is 16.4 Å². The van der Waals surface area contributed by atoms with Crippen LogP contribution >= 0.6 is 0 Å². The molecule has 0 aromatic heterocycles. The van der Waals surface area contributed by atoms with Gasteiger partial charge in [-0.25, -0.2) is 0 Å². The second kappa shape index (κ2) is 7.14. The van der Waals surface area contributed by atoms with Crippen LogP contribution in [0.2, 0.25) is 0 Å². The Kier molecular flexibility index (Phi) is 1.88. The largest absolute Gasteiger partial charge is 0.493 e. The monoisotopic (exact) mass is 347 g/mol. The first kappa shape index (κ1) is 6.31. The minimum atomic E-state index is -4.05. The molecule has 1 aromatic rings. The summed E-state index contributed by atoms with van der Waals surface area (Å²) in [6, 6.07) is -1.21. The summed E-state index contributed by atoms with van der Waals surface area (Å²) in [7, 11) is 2.38. The van der Waals surface area contributed by atoms with Gasteiger partial charge < -0.3 is 9.47 Å². The van der Waals surface area contributed by atoms with Gasteiger partial charge in [-0.05, 0) is 41.9 Å². The van der Waals surface area contributed by atoms with Gasteiger partial charge in [0.15, 0.2) is 11.5 Å². The fourth-order valence-electron chi connectivity index (χ4n) is 2.48. The van der Waals surface area contributed by atoms with Crippen molar-refractivity contribution in [3.05, 3.63) is 23.3 Å². The van der Waals surface area contributed by atoms with Gasteiger partial charge in [0.25, 0.3) is 0 Å². The van der Waals surface area contributed by atoms with Crippen LogP contribution in [0.3, 0.4) is 0 Å². The summed E-state index contributed by atoms with van der Waals surface area (Å²) in [5.41, 5.74) is -1.18. The molecular formula is C20H29NO3. The maximum Gasteiger partial charge on any atom is 0.161 e. The van der Waals surface area contributed by atoms with Crippen molar-refractivity contribution in [2.24, 2.45) is 11.8 Å². The minimum Gasteiger partial charge on any atom is -0.493 e. The van der Waals surface area contributed by atoms with E-state index >= 15 is 0 Å². The van der Waals surface area contributed by atoms with Gasteiger partial charge in [0.05, 0.1) is 15.6 Å². The number of piperidine rings is 1. The molecule has 2 heterocycles. The molecule has 1 fully saturated rings. The molecular weight excluding hydrogens is 302 g/mol. The van der Waals surface area contributed by atoms with Gasteiger partial charge in [0, 0.05) is 51.9 Å². The molecule has 1 saturated heterocycles. The van der Waals surface area contributed by atoms with Crippen molar-refractivity contribution >= 4 is 5.78 Å². The number of nitrogens with zero attached hydrogens (tertiary/aromatic N) is 1. The lowest BCUT2D eigenvalue weighted by molar-refractivity contribution is -0.129. The van der Waals surface area contributed by atoms with Crippen LogP contribution in [0, 0.1) is 11.8 Å². The second-order valence-electron chi connectivity index (χ2n) is 5.11. The van der Waals surface area contributed by atoms with Crippen molar-refractivity contribution in [3.63, 3.8) is 0 Å². The fourth-order valence-corrected chi connectivity index (χ4v) is 2.48. The third-order valence-electron chi connectivity index (χ3n) is 3.72. The second-order valence-corrected chi connectivity index (χ2v) is 5.11. The normalized spacial score (nSPS) is 50.2. The number of hydrogen-bond donors (Lipinski definition) is 0. The summed E-state index contributed by atoms with van der Waals surface area (Å²) in [5, 5.41) is 0. The van der Waals surface area contributed by atoms with Gasteiger partial charge in [0.2, 0.25) is 0 Å². The molecule has 132 valence electrons. The molecule has 0 bridgehead atoms. The van der Waals surface area contributed by atoms with Crippen LogP contribution in [0.5, 0.6) is 11.5 Å². The highest BCUT2D eigenvalue weighted by molar-refractivity contribution is 5.83. The Balaban J connectivity index is 2.46. The molecule has 3 unspecified atom stereocenters. The van der Waals surface area contributed by atoms with Gasteiger partial charge in [-0.3, -0.25) is 9.69 Å². The molecule has 0 radical (unpaired) electrons. The van der Waals surface area contributed by atoms with Gasteiger partial charge in [-0.2, -0.15) is 0 Å². The van der Waals surface area contributed by atoms with Crippen molar-refractivity contribution in [1.82, 2.24) is 4.90 Å². The molecule has 4 heteroatoms. The van der Waals surface area contributed by atoms with Crippen molar-refractivity contribution in [1.29, 1.82) is 0 Å². The van der Waals surface area contributed by atoms with E-state index in [0.717, 1.165) is 12.1 Å². The zero-order chi connectivity index (χ0) is 31.5. The van der Waals surface area contributed by atoms with E-state index in [4.69, 9.17) is 30.0 Å². The Morgan fingerprint density at radius 2 is 2.25 bits per heavy atom. The minimum absolute atomic E-state index is 0.103. The van der Waals surface area contributed by atoms with E-state index in [1.807, 2.05) is 0 Å². The number of hydrogen-bond acceptors (Lipinski definition) is 4. The summed E-state index contributed by atoms with van der Waals surface area (Å²) in [6.07, 6.45) is -14.2. The van der Waals surface area contributed by atoms with E-state index in [2.05, 4.69) is 0 Å². The highest BCUT2D eigenvalue weighted by atomic mass is 16.5. The highest BCUT2D eigenvalue weighted by Crippen LogP contribution is 2.42. The number of Topliss-reactive ketones (excluding diaryl/α,β-unsaturated/α-hetero) is 1. The van der Waals surface area contributed by atoms with E-state index < -0.39 is 80.1 Å². The number of ether oxygens (including phenoxy) is 2. The molecule has 0 spiro atoms. The number of benzene rings is 1. The zero-order valence-electron chi connectivity index (χ0n) is 29.5. The van der Waals surface area contributed by atoms with Gasteiger partial charge >= 0.3 is 0 Å². The van der Waals surface area contributed by atoms with E-state index in [1.54, 1.807) is 0 Å². The van der Waals surface area contributed by atoms with Crippen LogP contribution < -0.4 is 9.47 Å².